The molecule has 128 valence electrons. The lowest BCUT2D eigenvalue weighted by Gasteiger charge is -2.21. The Balaban J connectivity index is 0.00000441. The lowest BCUT2D eigenvalue weighted by Crippen LogP contribution is -2.41. The summed E-state index contributed by atoms with van der Waals surface area (Å²) >= 11 is 1.81. The maximum atomic E-state index is 5.60. The van der Waals surface area contributed by atoms with Gasteiger partial charge in [0.2, 0.25) is 0 Å². The van der Waals surface area contributed by atoms with Gasteiger partial charge < -0.3 is 15.0 Å². The molecule has 22 heavy (non-hydrogen) atoms. The molecule has 0 bridgehead atoms. The van der Waals surface area contributed by atoms with E-state index in [1.165, 1.54) is 4.88 Å². The summed E-state index contributed by atoms with van der Waals surface area (Å²) in [5.74, 6) is 1.63. The summed E-state index contributed by atoms with van der Waals surface area (Å²) in [4.78, 5) is 7.89. The molecule has 0 unspecified atom stereocenters. The number of likely N-dealkylation sites (N-methyl/N-ethyl adjacent to an activating group) is 1. The third-order valence-corrected chi connectivity index (χ3v) is 4.15. The first-order chi connectivity index (χ1) is 10.1. The lowest BCUT2D eigenvalue weighted by atomic mass is 10.1. The van der Waals surface area contributed by atoms with Crippen LogP contribution in [0.3, 0.4) is 0 Å². The van der Waals surface area contributed by atoms with Gasteiger partial charge in [-0.1, -0.05) is 19.9 Å². The van der Waals surface area contributed by atoms with Crippen LogP contribution in [0.2, 0.25) is 0 Å². The number of halogens is 1. The summed E-state index contributed by atoms with van der Waals surface area (Å²) < 4.78 is 5.60. The van der Waals surface area contributed by atoms with E-state index < -0.39 is 0 Å². The molecular weight excluding hydrogens is 409 g/mol. The number of hydrogen-bond acceptors (Lipinski definition) is 3. The maximum absolute atomic E-state index is 5.60. The number of nitrogens with zero attached hydrogens (tertiary/aromatic N) is 2. The molecule has 0 radical (unpaired) electrons. The normalized spacial score (nSPS) is 11.4. The average Bonchev–Trinajstić information content (AvgIpc) is 2.97. The molecule has 0 spiro atoms. The molecule has 0 amide bonds. The molecule has 1 heterocycles. The van der Waals surface area contributed by atoms with Crippen molar-refractivity contribution in [1.29, 1.82) is 0 Å². The van der Waals surface area contributed by atoms with Gasteiger partial charge in [0, 0.05) is 38.7 Å². The molecule has 1 rings (SSSR count). The first-order valence-electron chi connectivity index (χ1n) is 7.65. The van der Waals surface area contributed by atoms with Crippen molar-refractivity contribution in [2.24, 2.45) is 10.9 Å². The Hall–Kier alpha value is -0.340. The van der Waals surface area contributed by atoms with Crippen LogP contribution in [0.25, 0.3) is 0 Å². The summed E-state index contributed by atoms with van der Waals surface area (Å²) in [5, 5.41) is 5.46. The highest BCUT2D eigenvalue weighted by atomic mass is 127. The van der Waals surface area contributed by atoms with E-state index >= 15 is 0 Å². The van der Waals surface area contributed by atoms with Crippen LogP contribution in [0.15, 0.2) is 22.5 Å². The van der Waals surface area contributed by atoms with Crippen LogP contribution >= 0.6 is 35.3 Å². The second kappa shape index (κ2) is 13.1. The summed E-state index contributed by atoms with van der Waals surface area (Å²) in [6.07, 6.45) is 2.18. The first kappa shape index (κ1) is 21.7. The molecule has 1 aromatic rings. The van der Waals surface area contributed by atoms with Gasteiger partial charge in [-0.2, -0.15) is 0 Å². The quantitative estimate of drug-likeness (QED) is 0.277. The minimum atomic E-state index is 0. The Morgan fingerprint density at radius 1 is 1.41 bits per heavy atom. The van der Waals surface area contributed by atoms with Crippen molar-refractivity contribution in [1.82, 2.24) is 10.2 Å². The van der Waals surface area contributed by atoms with Crippen molar-refractivity contribution in [3.05, 3.63) is 22.4 Å². The Morgan fingerprint density at radius 2 is 2.18 bits per heavy atom. The van der Waals surface area contributed by atoms with Crippen LogP contribution < -0.4 is 5.32 Å². The Morgan fingerprint density at radius 3 is 2.77 bits per heavy atom. The van der Waals surface area contributed by atoms with Crippen LogP contribution in [0.5, 0.6) is 0 Å². The van der Waals surface area contributed by atoms with Gasteiger partial charge in [-0.3, -0.25) is 4.99 Å². The van der Waals surface area contributed by atoms with Crippen LogP contribution in [-0.4, -0.2) is 51.3 Å². The van der Waals surface area contributed by atoms with E-state index in [4.69, 9.17) is 4.74 Å². The zero-order chi connectivity index (χ0) is 15.5. The predicted molar refractivity (Wildman–Crippen MR) is 108 cm³/mol. The molecule has 0 aliphatic heterocycles. The molecule has 0 atom stereocenters. The van der Waals surface area contributed by atoms with Crippen molar-refractivity contribution < 1.29 is 4.74 Å². The topological polar surface area (TPSA) is 36.9 Å². The molecule has 4 nitrogen and oxygen atoms in total. The first-order valence-corrected chi connectivity index (χ1v) is 8.53. The van der Waals surface area contributed by atoms with E-state index in [-0.39, 0.29) is 24.0 Å². The predicted octanol–water partition coefficient (Wildman–Crippen LogP) is 3.48. The van der Waals surface area contributed by atoms with Gasteiger partial charge in [0.05, 0.1) is 6.61 Å². The van der Waals surface area contributed by atoms with Crippen LogP contribution in [-0.2, 0) is 11.2 Å². The standard InChI is InChI=1S/C16H29N3OS.HI/c1-14(2)8-11-20-12-9-18-16(17-3)19(4)10-7-15-6-5-13-21-15;/h5-6,13-14H,7-12H2,1-4H3,(H,17,18);1H. The third kappa shape index (κ3) is 9.63. The highest BCUT2D eigenvalue weighted by Gasteiger charge is 2.05. The largest absolute Gasteiger partial charge is 0.380 e. The lowest BCUT2D eigenvalue weighted by molar-refractivity contribution is 0.127. The van der Waals surface area contributed by atoms with Gasteiger partial charge in [0.25, 0.3) is 0 Å². The average molecular weight is 439 g/mol. The molecule has 6 heteroatoms. The number of aliphatic imine (C=N–C) groups is 1. The molecular formula is C16H30IN3OS. The Bertz CT molecular complexity index is 396. The molecule has 0 fully saturated rings. The summed E-state index contributed by atoms with van der Waals surface area (Å²) in [5.41, 5.74) is 0. The fourth-order valence-corrected chi connectivity index (χ4v) is 2.58. The van der Waals surface area contributed by atoms with Gasteiger partial charge in [-0.15, -0.1) is 35.3 Å². The van der Waals surface area contributed by atoms with Gasteiger partial charge >= 0.3 is 0 Å². The monoisotopic (exact) mass is 439 g/mol. The van der Waals surface area contributed by atoms with Crippen LogP contribution in [0, 0.1) is 5.92 Å². The maximum Gasteiger partial charge on any atom is 0.193 e. The smallest absolute Gasteiger partial charge is 0.193 e. The van der Waals surface area contributed by atoms with E-state index in [1.54, 1.807) is 11.3 Å². The third-order valence-electron chi connectivity index (χ3n) is 3.22. The zero-order valence-electron chi connectivity index (χ0n) is 14.2. The van der Waals surface area contributed by atoms with E-state index in [1.807, 2.05) is 7.05 Å². The van der Waals surface area contributed by atoms with E-state index in [0.717, 1.165) is 45.1 Å². The molecule has 0 aliphatic carbocycles. The van der Waals surface area contributed by atoms with Crippen molar-refractivity contribution in [3.8, 4) is 0 Å². The Kier molecular flexibility index (Phi) is 12.9. The second-order valence-corrected chi connectivity index (χ2v) is 6.55. The number of hydrogen-bond donors (Lipinski definition) is 1. The number of thiophene rings is 1. The molecule has 0 aromatic carbocycles. The van der Waals surface area contributed by atoms with Crippen molar-refractivity contribution >= 4 is 41.3 Å². The summed E-state index contributed by atoms with van der Waals surface area (Å²) in [6, 6.07) is 4.28. The second-order valence-electron chi connectivity index (χ2n) is 5.52. The Labute approximate surface area is 156 Å². The molecule has 0 aliphatic rings. The highest BCUT2D eigenvalue weighted by Crippen LogP contribution is 2.09. The summed E-state index contributed by atoms with van der Waals surface area (Å²) in [7, 11) is 3.89. The van der Waals surface area contributed by atoms with Gasteiger partial charge in [0.1, 0.15) is 0 Å². The van der Waals surface area contributed by atoms with E-state index in [2.05, 4.69) is 53.6 Å². The van der Waals surface area contributed by atoms with Crippen LogP contribution in [0.1, 0.15) is 25.1 Å². The van der Waals surface area contributed by atoms with Crippen molar-refractivity contribution in [3.63, 3.8) is 0 Å². The molecule has 1 N–H and O–H groups in total. The van der Waals surface area contributed by atoms with Gasteiger partial charge in [-0.25, -0.2) is 0 Å². The zero-order valence-corrected chi connectivity index (χ0v) is 17.3. The number of guanidine groups is 1. The van der Waals surface area contributed by atoms with Crippen LogP contribution in [0.4, 0.5) is 0 Å². The fourth-order valence-electron chi connectivity index (χ4n) is 1.88. The molecule has 0 saturated carbocycles. The van der Waals surface area contributed by atoms with Gasteiger partial charge in [0.15, 0.2) is 5.96 Å². The van der Waals surface area contributed by atoms with Gasteiger partial charge in [-0.05, 0) is 30.2 Å². The van der Waals surface area contributed by atoms with Crippen molar-refractivity contribution in [2.75, 3.05) is 40.4 Å². The molecule has 0 saturated heterocycles. The number of ether oxygens (including phenoxy) is 1. The molecule has 1 aromatic heterocycles. The van der Waals surface area contributed by atoms with E-state index in [9.17, 15) is 0 Å². The highest BCUT2D eigenvalue weighted by molar-refractivity contribution is 14.0. The fraction of sp³-hybridized carbons (Fsp3) is 0.688. The summed E-state index contributed by atoms with van der Waals surface area (Å²) in [6.45, 7) is 7.76. The number of rotatable bonds is 9. The van der Waals surface area contributed by atoms with E-state index in [0.29, 0.717) is 5.92 Å². The minimum absolute atomic E-state index is 0. The number of nitrogens with one attached hydrogen (secondary N) is 1. The SMILES string of the molecule is CN=C(NCCOCCC(C)C)N(C)CCc1cccs1.I. The van der Waals surface area contributed by atoms with Crippen molar-refractivity contribution in [2.45, 2.75) is 26.7 Å². The minimum Gasteiger partial charge on any atom is -0.380 e.